The normalized spacial score (nSPS) is 17.6. The Bertz CT molecular complexity index is 1080. The van der Waals surface area contributed by atoms with Crippen LogP contribution < -0.4 is 14.8 Å². The van der Waals surface area contributed by atoms with Gasteiger partial charge < -0.3 is 14.8 Å². The second-order valence-corrected chi connectivity index (χ2v) is 8.65. The van der Waals surface area contributed by atoms with E-state index in [1.807, 2.05) is 19.1 Å². The van der Waals surface area contributed by atoms with Crippen LogP contribution >= 0.6 is 0 Å². The first-order valence-electron chi connectivity index (χ1n) is 9.23. The number of hydrogen-bond acceptors (Lipinski definition) is 6. The molecule has 1 atom stereocenters. The number of fused-ring (bicyclic) bond motifs is 2. The average molecular weight is 416 g/mol. The summed E-state index contributed by atoms with van der Waals surface area (Å²) in [6.07, 6.45) is -0.131. The highest BCUT2D eigenvalue weighted by atomic mass is 32.2. The maximum atomic E-state index is 12.5. The Morgan fingerprint density at radius 1 is 1.14 bits per heavy atom. The van der Waals surface area contributed by atoms with Gasteiger partial charge in [0, 0.05) is 13.0 Å². The molecule has 2 aliphatic heterocycles. The van der Waals surface area contributed by atoms with Crippen LogP contribution in [0, 0.1) is 0 Å². The molecule has 2 aromatic carbocycles. The number of ether oxygens (including phenoxy) is 2. The van der Waals surface area contributed by atoms with Crippen molar-refractivity contribution in [2.45, 2.75) is 24.3 Å². The maximum Gasteiger partial charge on any atom is 0.269 e. The van der Waals surface area contributed by atoms with E-state index in [1.54, 1.807) is 18.2 Å². The van der Waals surface area contributed by atoms with Crippen LogP contribution in [0.25, 0.3) is 0 Å². The number of carbonyl (C=O) groups excluding carboxylic acids is 2. The van der Waals surface area contributed by atoms with Crippen LogP contribution in [0.3, 0.4) is 0 Å². The van der Waals surface area contributed by atoms with Gasteiger partial charge in [0.25, 0.3) is 15.9 Å². The highest BCUT2D eigenvalue weighted by molar-refractivity contribution is 7.90. The Labute approximate surface area is 168 Å². The molecule has 0 aromatic heterocycles. The van der Waals surface area contributed by atoms with Crippen molar-refractivity contribution >= 4 is 21.8 Å². The van der Waals surface area contributed by atoms with Crippen molar-refractivity contribution in [3.63, 3.8) is 0 Å². The number of carbonyl (C=O) groups is 2. The zero-order valence-electron chi connectivity index (χ0n) is 15.8. The van der Waals surface area contributed by atoms with E-state index in [-0.39, 0.29) is 35.4 Å². The summed E-state index contributed by atoms with van der Waals surface area (Å²) in [6, 6.07) is 11.2. The van der Waals surface area contributed by atoms with E-state index in [2.05, 4.69) is 5.32 Å². The number of rotatable bonds is 5. The van der Waals surface area contributed by atoms with Crippen LogP contribution in [0.5, 0.6) is 11.5 Å². The van der Waals surface area contributed by atoms with E-state index in [4.69, 9.17) is 9.47 Å². The molecule has 0 bridgehead atoms. The minimum Gasteiger partial charge on any atom is -0.486 e. The van der Waals surface area contributed by atoms with Crippen LogP contribution in [0.4, 0.5) is 0 Å². The largest absolute Gasteiger partial charge is 0.486 e. The molecule has 1 N–H and O–H groups in total. The number of benzene rings is 2. The fourth-order valence-electron chi connectivity index (χ4n) is 3.38. The molecule has 0 fully saturated rings. The Morgan fingerprint density at radius 2 is 1.86 bits per heavy atom. The van der Waals surface area contributed by atoms with Crippen molar-refractivity contribution in [1.29, 1.82) is 0 Å². The van der Waals surface area contributed by atoms with Gasteiger partial charge in [0.2, 0.25) is 5.91 Å². The molecule has 152 valence electrons. The van der Waals surface area contributed by atoms with E-state index in [1.165, 1.54) is 12.1 Å². The topological polar surface area (TPSA) is 102 Å². The van der Waals surface area contributed by atoms with E-state index >= 15 is 0 Å². The zero-order chi connectivity index (χ0) is 20.6. The van der Waals surface area contributed by atoms with Crippen molar-refractivity contribution < 1.29 is 27.5 Å². The lowest BCUT2D eigenvalue weighted by Crippen LogP contribution is -2.35. The van der Waals surface area contributed by atoms with Gasteiger partial charge in [-0.2, -0.15) is 0 Å². The third kappa shape index (κ3) is 3.53. The molecule has 0 spiro atoms. The number of nitrogens with one attached hydrogen (secondary N) is 1. The Hall–Kier alpha value is -3.07. The Balaban J connectivity index is 1.39. The van der Waals surface area contributed by atoms with E-state index < -0.39 is 15.9 Å². The molecular formula is C20H20N2O6S. The molecule has 8 nitrogen and oxygen atoms in total. The van der Waals surface area contributed by atoms with Crippen molar-refractivity contribution in [3.05, 3.63) is 53.6 Å². The molecule has 29 heavy (non-hydrogen) atoms. The molecule has 2 amide bonds. The summed E-state index contributed by atoms with van der Waals surface area (Å²) < 4.78 is 36.9. The van der Waals surface area contributed by atoms with Crippen LogP contribution in [-0.4, -0.2) is 44.3 Å². The lowest BCUT2D eigenvalue weighted by atomic mass is 10.1. The molecule has 2 aromatic rings. The van der Waals surface area contributed by atoms with Gasteiger partial charge in [-0.05, 0) is 36.8 Å². The summed E-state index contributed by atoms with van der Waals surface area (Å²) in [7, 11) is -3.91. The zero-order valence-corrected chi connectivity index (χ0v) is 16.6. The standard InChI is InChI=1S/C20H20N2O6S/c1-13(14-6-7-16-17(12-14)28-11-10-27-16)21-19(23)8-9-22-20(24)15-4-2-3-5-18(15)29(22,25)26/h2-7,12-13H,8-11H2,1H3,(H,21,23)/t13-/m1/s1. The summed E-state index contributed by atoms with van der Waals surface area (Å²) in [5.41, 5.74) is 0.970. The van der Waals surface area contributed by atoms with E-state index in [9.17, 15) is 18.0 Å². The number of hydrogen-bond donors (Lipinski definition) is 1. The fourth-order valence-corrected chi connectivity index (χ4v) is 4.95. The second kappa shape index (κ2) is 7.40. The fraction of sp³-hybridized carbons (Fsp3) is 0.300. The molecular weight excluding hydrogens is 396 g/mol. The van der Waals surface area contributed by atoms with Crippen LogP contribution in [0.1, 0.15) is 35.3 Å². The maximum absolute atomic E-state index is 12.5. The minimum absolute atomic E-state index is 0.0185. The SMILES string of the molecule is C[C@@H](NC(=O)CCN1C(=O)c2ccccc2S1(=O)=O)c1ccc2c(c1)OCCO2. The van der Waals surface area contributed by atoms with Gasteiger partial charge in [-0.15, -0.1) is 0 Å². The Kier molecular flexibility index (Phi) is 4.91. The summed E-state index contributed by atoms with van der Waals surface area (Å²) in [4.78, 5) is 24.7. The van der Waals surface area contributed by atoms with Gasteiger partial charge >= 0.3 is 0 Å². The quantitative estimate of drug-likeness (QED) is 0.798. The first-order valence-corrected chi connectivity index (χ1v) is 10.7. The molecule has 9 heteroatoms. The smallest absolute Gasteiger partial charge is 0.269 e. The minimum atomic E-state index is -3.91. The van der Waals surface area contributed by atoms with Gasteiger partial charge in [0.1, 0.15) is 18.1 Å². The summed E-state index contributed by atoms with van der Waals surface area (Å²) >= 11 is 0. The predicted octanol–water partition coefficient (Wildman–Crippen LogP) is 1.87. The molecule has 0 radical (unpaired) electrons. The molecule has 2 aliphatic rings. The lowest BCUT2D eigenvalue weighted by Gasteiger charge is -2.21. The van der Waals surface area contributed by atoms with Crippen LogP contribution in [0.2, 0.25) is 0 Å². The molecule has 0 saturated heterocycles. The lowest BCUT2D eigenvalue weighted by molar-refractivity contribution is -0.121. The summed E-state index contributed by atoms with van der Waals surface area (Å²) in [6.45, 7) is 2.57. The molecule has 0 aliphatic carbocycles. The second-order valence-electron chi connectivity index (χ2n) is 6.82. The molecule has 0 unspecified atom stereocenters. The number of nitrogens with zero attached hydrogens (tertiary/aromatic N) is 1. The molecule has 2 heterocycles. The van der Waals surface area contributed by atoms with Crippen LogP contribution in [0.15, 0.2) is 47.4 Å². The van der Waals surface area contributed by atoms with Gasteiger partial charge in [-0.1, -0.05) is 18.2 Å². The van der Waals surface area contributed by atoms with Crippen molar-refractivity contribution in [1.82, 2.24) is 9.62 Å². The van der Waals surface area contributed by atoms with E-state index in [0.29, 0.717) is 24.7 Å². The highest BCUT2D eigenvalue weighted by Crippen LogP contribution is 2.33. The van der Waals surface area contributed by atoms with Crippen molar-refractivity contribution in [3.8, 4) is 11.5 Å². The average Bonchev–Trinajstić information content (AvgIpc) is 2.92. The highest BCUT2D eigenvalue weighted by Gasteiger charge is 2.40. The summed E-state index contributed by atoms with van der Waals surface area (Å²) in [5.74, 6) is 0.330. The number of sulfonamides is 1. The van der Waals surface area contributed by atoms with Gasteiger partial charge in [0.05, 0.1) is 11.6 Å². The first kappa shape index (κ1) is 19.3. The van der Waals surface area contributed by atoms with Gasteiger partial charge in [0.15, 0.2) is 11.5 Å². The van der Waals surface area contributed by atoms with Crippen LogP contribution in [-0.2, 0) is 14.8 Å². The first-order chi connectivity index (χ1) is 13.9. The van der Waals surface area contributed by atoms with Crippen molar-refractivity contribution in [2.24, 2.45) is 0 Å². The number of amides is 2. The Morgan fingerprint density at radius 3 is 2.62 bits per heavy atom. The third-order valence-corrected chi connectivity index (χ3v) is 6.74. The molecule has 0 saturated carbocycles. The van der Waals surface area contributed by atoms with E-state index in [0.717, 1.165) is 9.87 Å². The predicted molar refractivity (Wildman–Crippen MR) is 103 cm³/mol. The molecule has 4 rings (SSSR count). The van der Waals surface area contributed by atoms with Gasteiger partial charge in [-0.25, -0.2) is 12.7 Å². The summed E-state index contributed by atoms with van der Waals surface area (Å²) in [5, 5.41) is 2.82. The monoisotopic (exact) mass is 416 g/mol. The third-order valence-electron chi connectivity index (χ3n) is 4.90. The van der Waals surface area contributed by atoms with Crippen molar-refractivity contribution in [2.75, 3.05) is 19.8 Å². The van der Waals surface area contributed by atoms with Gasteiger partial charge in [-0.3, -0.25) is 9.59 Å².